The number of amides is 1. The third-order valence-corrected chi connectivity index (χ3v) is 3.32. The van der Waals surface area contributed by atoms with Crippen molar-refractivity contribution in [2.45, 2.75) is 44.8 Å². The van der Waals surface area contributed by atoms with Crippen molar-refractivity contribution in [3.05, 3.63) is 24.2 Å². The van der Waals surface area contributed by atoms with Crippen LogP contribution < -0.4 is 5.73 Å². The van der Waals surface area contributed by atoms with Crippen LogP contribution in [0.15, 0.2) is 22.8 Å². The topological polar surface area (TPSA) is 68.7 Å². The molecule has 19 heavy (non-hydrogen) atoms. The van der Waals surface area contributed by atoms with E-state index >= 15 is 0 Å². The molecule has 0 unspecified atom stereocenters. The molecule has 1 aliphatic heterocycles. The summed E-state index contributed by atoms with van der Waals surface area (Å²) in [4.78, 5) is 13.7. The van der Waals surface area contributed by atoms with E-state index in [-0.39, 0.29) is 6.09 Å². The third kappa shape index (κ3) is 3.29. The van der Waals surface area contributed by atoms with Gasteiger partial charge >= 0.3 is 6.09 Å². The number of nitrogens with two attached hydrogens (primary N) is 1. The van der Waals surface area contributed by atoms with Crippen LogP contribution in [0.2, 0.25) is 0 Å². The average molecular weight is 266 g/mol. The van der Waals surface area contributed by atoms with E-state index in [0.717, 1.165) is 5.76 Å². The molecule has 1 aliphatic rings. The van der Waals surface area contributed by atoms with E-state index in [2.05, 4.69) is 0 Å². The number of nitrogens with zero attached hydrogens (tertiary/aromatic N) is 1. The number of rotatable bonds is 1. The Bertz CT molecular complexity index is 426. The minimum Gasteiger partial charge on any atom is -0.467 e. The van der Waals surface area contributed by atoms with Crippen LogP contribution in [0.25, 0.3) is 0 Å². The standard InChI is InChI=1S/C14H22N2O3/c1-13(2,3)19-12(17)16-8-6-14(15,7-9-16)11-5-4-10-18-11/h4-5,10H,6-9,15H2,1-3H3. The number of hydrogen-bond donors (Lipinski definition) is 1. The Morgan fingerprint density at radius 3 is 2.53 bits per heavy atom. The average Bonchev–Trinajstić information content (AvgIpc) is 2.81. The van der Waals surface area contributed by atoms with Gasteiger partial charge < -0.3 is 19.8 Å². The van der Waals surface area contributed by atoms with Crippen molar-refractivity contribution in [1.29, 1.82) is 0 Å². The molecule has 0 radical (unpaired) electrons. The predicted octanol–water partition coefficient (Wildman–Crippen LogP) is 2.46. The fraction of sp³-hybridized carbons (Fsp3) is 0.643. The molecule has 0 spiro atoms. The van der Waals surface area contributed by atoms with Gasteiger partial charge in [-0.3, -0.25) is 0 Å². The lowest BCUT2D eigenvalue weighted by molar-refractivity contribution is 0.0155. The number of hydrogen-bond acceptors (Lipinski definition) is 4. The van der Waals surface area contributed by atoms with E-state index in [9.17, 15) is 4.79 Å². The summed E-state index contributed by atoms with van der Waals surface area (Å²) in [5.74, 6) is 0.788. The molecule has 0 saturated carbocycles. The molecule has 2 N–H and O–H groups in total. The minimum absolute atomic E-state index is 0.269. The molecule has 2 rings (SSSR count). The molecule has 1 aromatic heterocycles. The number of ether oxygens (including phenoxy) is 1. The van der Waals surface area contributed by atoms with Gasteiger partial charge in [0.25, 0.3) is 0 Å². The molecule has 0 bridgehead atoms. The summed E-state index contributed by atoms with van der Waals surface area (Å²) < 4.78 is 10.8. The molecule has 1 aromatic rings. The first-order chi connectivity index (χ1) is 8.80. The highest BCUT2D eigenvalue weighted by Gasteiger charge is 2.37. The lowest BCUT2D eigenvalue weighted by atomic mass is 9.86. The maximum Gasteiger partial charge on any atom is 0.410 e. The van der Waals surface area contributed by atoms with E-state index in [1.807, 2.05) is 32.9 Å². The summed E-state index contributed by atoms with van der Waals surface area (Å²) in [6, 6.07) is 3.73. The van der Waals surface area contributed by atoms with Gasteiger partial charge in [0.05, 0.1) is 11.8 Å². The molecule has 0 atom stereocenters. The van der Waals surface area contributed by atoms with Gasteiger partial charge in [0.2, 0.25) is 0 Å². The van der Waals surface area contributed by atoms with E-state index in [0.29, 0.717) is 25.9 Å². The summed E-state index contributed by atoms with van der Waals surface area (Å²) >= 11 is 0. The Kier molecular flexibility index (Phi) is 3.58. The fourth-order valence-corrected chi connectivity index (χ4v) is 2.22. The van der Waals surface area contributed by atoms with Crippen molar-refractivity contribution in [3.8, 4) is 0 Å². The predicted molar refractivity (Wildman–Crippen MR) is 71.6 cm³/mol. The van der Waals surface area contributed by atoms with E-state index in [1.54, 1.807) is 11.2 Å². The van der Waals surface area contributed by atoms with Crippen LogP contribution in [0, 0.1) is 0 Å². The second-order valence-corrected chi connectivity index (χ2v) is 6.10. The van der Waals surface area contributed by atoms with Gasteiger partial charge in [-0.15, -0.1) is 0 Å². The summed E-state index contributed by atoms with van der Waals surface area (Å²) in [7, 11) is 0. The number of likely N-dealkylation sites (tertiary alicyclic amines) is 1. The van der Waals surface area contributed by atoms with E-state index < -0.39 is 11.1 Å². The highest BCUT2D eigenvalue weighted by Crippen LogP contribution is 2.31. The largest absolute Gasteiger partial charge is 0.467 e. The van der Waals surface area contributed by atoms with Gasteiger partial charge in [-0.25, -0.2) is 4.79 Å². The highest BCUT2D eigenvalue weighted by atomic mass is 16.6. The monoisotopic (exact) mass is 266 g/mol. The first kappa shape index (κ1) is 13.9. The van der Waals surface area contributed by atoms with Crippen molar-refractivity contribution >= 4 is 6.09 Å². The molecule has 0 aromatic carbocycles. The fourth-order valence-electron chi connectivity index (χ4n) is 2.22. The maximum absolute atomic E-state index is 12.0. The van der Waals surface area contributed by atoms with Crippen LogP contribution in [0.1, 0.15) is 39.4 Å². The van der Waals surface area contributed by atoms with Crippen LogP contribution >= 0.6 is 0 Å². The van der Waals surface area contributed by atoms with Crippen LogP contribution in [0.3, 0.4) is 0 Å². The van der Waals surface area contributed by atoms with Gasteiger partial charge in [0.1, 0.15) is 11.4 Å². The van der Waals surface area contributed by atoms with Crippen LogP contribution in [-0.4, -0.2) is 29.7 Å². The number of piperidine rings is 1. The first-order valence-corrected chi connectivity index (χ1v) is 6.61. The van der Waals surface area contributed by atoms with Gasteiger partial charge in [0, 0.05) is 13.1 Å². The lowest BCUT2D eigenvalue weighted by Crippen LogP contribution is -2.50. The summed E-state index contributed by atoms with van der Waals surface area (Å²) in [5, 5.41) is 0. The summed E-state index contributed by atoms with van der Waals surface area (Å²) in [6.45, 7) is 6.78. The Hall–Kier alpha value is -1.49. The molecule has 2 heterocycles. The quantitative estimate of drug-likeness (QED) is 0.847. The van der Waals surface area contributed by atoms with Gasteiger partial charge in [-0.2, -0.15) is 0 Å². The number of furan rings is 1. The van der Waals surface area contributed by atoms with Crippen molar-refractivity contribution in [2.75, 3.05) is 13.1 Å². The molecule has 5 nitrogen and oxygen atoms in total. The molecule has 1 saturated heterocycles. The molecular formula is C14H22N2O3. The Morgan fingerprint density at radius 2 is 2.05 bits per heavy atom. The highest BCUT2D eigenvalue weighted by molar-refractivity contribution is 5.68. The zero-order valence-corrected chi connectivity index (χ0v) is 11.8. The molecular weight excluding hydrogens is 244 g/mol. The zero-order chi connectivity index (χ0) is 14.1. The van der Waals surface area contributed by atoms with Crippen molar-refractivity contribution < 1.29 is 13.9 Å². The Labute approximate surface area is 113 Å². The Balaban J connectivity index is 1.94. The lowest BCUT2D eigenvalue weighted by Gasteiger charge is -2.38. The van der Waals surface area contributed by atoms with E-state index in [4.69, 9.17) is 14.9 Å². The van der Waals surface area contributed by atoms with Gasteiger partial charge in [-0.1, -0.05) is 0 Å². The van der Waals surface area contributed by atoms with Gasteiger partial charge in [0.15, 0.2) is 0 Å². The van der Waals surface area contributed by atoms with Crippen LogP contribution in [0.5, 0.6) is 0 Å². The first-order valence-electron chi connectivity index (χ1n) is 6.61. The van der Waals surface area contributed by atoms with Crippen LogP contribution in [-0.2, 0) is 10.3 Å². The second kappa shape index (κ2) is 4.89. The Morgan fingerprint density at radius 1 is 1.42 bits per heavy atom. The van der Waals surface area contributed by atoms with Gasteiger partial charge in [-0.05, 0) is 45.7 Å². The van der Waals surface area contributed by atoms with E-state index in [1.165, 1.54) is 0 Å². The molecule has 106 valence electrons. The second-order valence-electron chi connectivity index (χ2n) is 6.10. The van der Waals surface area contributed by atoms with Crippen molar-refractivity contribution in [3.63, 3.8) is 0 Å². The maximum atomic E-state index is 12.0. The SMILES string of the molecule is CC(C)(C)OC(=O)N1CCC(N)(c2ccco2)CC1. The normalized spacial score (nSPS) is 19.3. The van der Waals surface area contributed by atoms with Crippen molar-refractivity contribution in [1.82, 2.24) is 4.90 Å². The number of carbonyl (C=O) groups excluding carboxylic acids is 1. The molecule has 1 fully saturated rings. The minimum atomic E-state index is -0.470. The van der Waals surface area contributed by atoms with Crippen molar-refractivity contribution in [2.24, 2.45) is 5.73 Å². The summed E-state index contributed by atoms with van der Waals surface area (Å²) in [5.41, 5.74) is 5.41. The van der Waals surface area contributed by atoms with Crippen LogP contribution in [0.4, 0.5) is 4.79 Å². The molecule has 5 heteroatoms. The zero-order valence-electron chi connectivity index (χ0n) is 11.8. The molecule has 0 aliphatic carbocycles. The third-order valence-electron chi connectivity index (χ3n) is 3.32. The summed E-state index contributed by atoms with van der Waals surface area (Å²) in [6.07, 6.45) is 2.72. The molecule has 1 amide bonds. The number of carbonyl (C=O) groups is 1. The smallest absolute Gasteiger partial charge is 0.410 e.